The second-order valence-corrected chi connectivity index (χ2v) is 7.32. The van der Waals surface area contributed by atoms with Crippen LogP contribution in [0.5, 0.6) is 11.5 Å². The number of aromatic hydroxyl groups is 2. The summed E-state index contributed by atoms with van der Waals surface area (Å²) in [6.45, 7) is 0. The van der Waals surface area contributed by atoms with E-state index in [0.29, 0.717) is 11.1 Å². The van der Waals surface area contributed by atoms with Crippen molar-refractivity contribution >= 4 is 34.2 Å². The van der Waals surface area contributed by atoms with Crippen LogP contribution in [-0.2, 0) is 6.42 Å². The Hall–Kier alpha value is -2.65. The van der Waals surface area contributed by atoms with Gasteiger partial charge in [0.25, 0.3) is 0 Å². The Kier molecular flexibility index (Phi) is 4.95. The normalized spacial score (nSPS) is 11.3. The summed E-state index contributed by atoms with van der Waals surface area (Å²) in [4.78, 5) is 0. The number of fused-ring (bicyclic) bond motifs is 2. The van der Waals surface area contributed by atoms with Crippen molar-refractivity contribution in [1.82, 2.24) is 0 Å². The Labute approximate surface area is 164 Å². The van der Waals surface area contributed by atoms with Gasteiger partial charge in [-0.2, -0.15) is 12.6 Å². The highest BCUT2D eigenvalue weighted by atomic mass is 32.1. The average molecular weight is 375 g/mol. The van der Waals surface area contributed by atoms with Crippen molar-refractivity contribution in [3.05, 3.63) is 72.3 Å². The zero-order valence-corrected chi connectivity index (χ0v) is 15.9. The van der Waals surface area contributed by atoms with Crippen molar-refractivity contribution in [2.24, 2.45) is 0 Å². The molecule has 136 valence electrons. The fraction of sp³-hybridized carbons (Fsp3) is 0.167. The number of unbranched alkanes of at least 4 members (excludes halogenated alkanes) is 1. The predicted molar refractivity (Wildman–Crippen MR) is 117 cm³/mol. The Balaban J connectivity index is 1.92. The van der Waals surface area contributed by atoms with E-state index < -0.39 is 0 Å². The molecular formula is C24H22O2S. The Bertz CT molecular complexity index is 1120. The maximum absolute atomic E-state index is 10.7. The molecule has 3 heteroatoms. The van der Waals surface area contributed by atoms with E-state index in [1.807, 2.05) is 36.4 Å². The van der Waals surface area contributed by atoms with E-state index >= 15 is 0 Å². The van der Waals surface area contributed by atoms with Crippen LogP contribution in [0.2, 0.25) is 0 Å². The number of phenolic OH excluding ortho intramolecular Hbond substituents is 2. The zero-order chi connectivity index (χ0) is 18.8. The van der Waals surface area contributed by atoms with Crippen LogP contribution in [0.15, 0.2) is 66.7 Å². The quantitative estimate of drug-likeness (QED) is 0.282. The largest absolute Gasteiger partial charge is 0.507 e. The van der Waals surface area contributed by atoms with Gasteiger partial charge in [-0.1, -0.05) is 54.6 Å². The van der Waals surface area contributed by atoms with Crippen LogP contribution in [0.4, 0.5) is 0 Å². The highest BCUT2D eigenvalue weighted by molar-refractivity contribution is 7.80. The summed E-state index contributed by atoms with van der Waals surface area (Å²) in [6, 6.07) is 21.5. The molecule has 27 heavy (non-hydrogen) atoms. The van der Waals surface area contributed by atoms with Gasteiger partial charge >= 0.3 is 0 Å². The van der Waals surface area contributed by atoms with Crippen LogP contribution in [-0.4, -0.2) is 16.0 Å². The first-order valence-corrected chi connectivity index (χ1v) is 9.89. The Morgan fingerprint density at radius 2 is 1.33 bits per heavy atom. The molecule has 0 amide bonds. The van der Waals surface area contributed by atoms with E-state index in [-0.39, 0.29) is 11.5 Å². The molecule has 0 radical (unpaired) electrons. The van der Waals surface area contributed by atoms with Crippen LogP contribution >= 0.6 is 12.6 Å². The van der Waals surface area contributed by atoms with E-state index in [4.69, 9.17) is 0 Å². The molecule has 0 aliphatic heterocycles. The van der Waals surface area contributed by atoms with Gasteiger partial charge in [0.2, 0.25) is 0 Å². The van der Waals surface area contributed by atoms with Crippen LogP contribution in [0.1, 0.15) is 18.4 Å². The van der Waals surface area contributed by atoms with Gasteiger partial charge in [-0.15, -0.1) is 0 Å². The van der Waals surface area contributed by atoms with E-state index in [1.165, 1.54) is 5.56 Å². The molecule has 0 aromatic heterocycles. The third-order valence-electron chi connectivity index (χ3n) is 5.09. The monoisotopic (exact) mass is 374 g/mol. The van der Waals surface area contributed by atoms with E-state index in [2.05, 4.69) is 30.8 Å². The van der Waals surface area contributed by atoms with E-state index in [0.717, 1.165) is 46.6 Å². The van der Waals surface area contributed by atoms with Crippen molar-refractivity contribution in [1.29, 1.82) is 0 Å². The third kappa shape index (κ3) is 3.35. The van der Waals surface area contributed by atoms with Gasteiger partial charge in [0.05, 0.1) is 0 Å². The van der Waals surface area contributed by atoms with Crippen molar-refractivity contribution in [2.75, 3.05) is 5.75 Å². The smallest absolute Gasteiger partial charge is 0.124 e. The molecule has 0 saturated heterocycles. The second kappa shape index (κ2) is 7.53. The van der Waals surface area contributed by atoms with Crippen molar-refractivity contribution in [3.8, 4) is 22.6 Å². The summed E-state index contributed by atoms with van der Waals surface area (Å²) in [6.07, 6.45) is 3.24. The van der Waals surface area contributed by atoms with Gasteiger partial charge in [0.1, 0.15) is 11.5 Å². The topological polar surface area (TPSA) is 40.5 Å². The molecule has 4 rings (SSSR count). The molecular weight excluding hydrogens is 352 g/mol. The minimum absolute atomic E-state index is 0.175. The minimum Gasteiger partial charge on any atom is -0.507 e. The zero-order valence-electron chi connectivity index (χ0n) is 15.0. The lowest BCUT2D eigenvalue weighted by atomic mass is 9.91. The molecule has 4 aromatic carbocycles. The van der Waals surface area contributed by atoms with Gasteiger partial charge < -0.3 is 10.2 Å². The number of rotatable bonds is 5. The number of phenols is 2. The number of aryl methyl sites for hydroxylation is 1. The summed E-state index contributed by atoms with van der Waals surface area (Å²) in [5, 5.41) is 25.3. The number of hydrogen-bond acceptors (Lipinski definition) is 3. The van der Waals surface area contributed by atoms with Crippen LogP contribution in [0.25, 0.3) is 32.7 Å². The molecule has 0 saturated carbocycles. The minimum atomic E-state index is 0.175. The molecule has 0 bridgehead atoms. The van der Waals surface area contributed by atoms with Crippen molar-refractivity contribution in [2.45, 2.75) is 19.3 Å². The first-order valence-electron chi connectivity index (χ1n) is 9.25. The fourth-order valence-electron chi connectivity index (χ4n) is 3.75. The number of benzene rings is 4. The maximum Gasteiger partial charge on any atom is 0.124 e. The van der Waals surface area contributed by atoms with E-state index in [1.54, 1.807) is 12.1 Å². The Morgan fingerprint density at radius 1 is 0.667 bits per heavy atom. The van der Waals surface area contributed by atoms with Gasteiger partial charge in [-0.25, -0.2) is 0 Å². The number of thiol groups is 1. The molecule has 0 heterocycles. The SMILES string of the molecule is Oc1ccc2ccccc2c1-c1c(O)ccc2cc(CCCCS)ccc12. The second-order valence-electron chi connectivity index (χ2n) is 6.88. The summed E-state index contributed by atoms with van der Waals surface area (Å²) < 4.78 is 0. The van der Waals surface area contributed by atoms with Gasteiger partial charge in [-0.05, 0) is 64.3 Å². The summed E-state index contributed by atoms with van der Waals surface area (Å²) in [7, 11) is 0. The summed E-state index contributed by atoms with van der Waals surface area (Å²) in [5.41, 5.74) is 2.64. The van der Waals surface area contributed by atoms with Gasteiger partial charge in [0, 0.05) is 11.1 Å². The molecule has 2 nitrogen and oxygen atoms in total. The molecule has 0 unspecified atom stereocenters. The average Bonchev–Trinajstić information content (AvgIpc) is 2.69. The lowest BCUT2D eigenvalue weighted by Gasteiger charge is -2.15. The first kappa shape index (κ1) is 17.7. The third-order valence-corrected chi connectivity index (χ3v) is 5.41. The van der Waals surface area contributed by atoms with Crippen LogP contribution < -0.4 is 0 Å². The summed E-state index contributed by atoms with van der Waals surface area (Å²) >= 11 is 4.28. The molecule has 4 aromatic rings. The van der Waals surface area contributed by atoms with Crippen molar-refractivity contribution in [3.63, 3.8) is 0 Å². The lowest BCUT2D eigenvalue weighted by Crippen LogP contribution is -1.90. The highest BCUT2D eigenvalue weighted by Gasteiger charge is 2.16. The standard InChI is InChI=1S/C24H22O2S/c25-21-12-9-17-6-1-2-7-19(17)23(21)24-20-11-8-16(5-3-4-14-27)15-18(20)10-13-22(24)26/h1-2,6-13,15,25-27H,3-5,14H2. The fourth-order valence-corrected chi connectivity index (χ4v) is 3.97. The predicted octanol–water partition coefficient (Wildman–Crippen LogP) is 6.32. The van der Waals surface area contributed by atoms with Crippen LogP contribution in [0, 0.1) is 0 Å². The van der Waals surface area contributed by atoms with Gasteiger partial charge in [-0.3, -0.25) is 0 Å². The molecule has 2 N–H and O–H groups in total. The molecule has 0 fully saturated rings. The van der Waals surface area contributed by atoms with E-state index in [9.17, 15) is 10.2 Å². The molecule has 0 aliphatic rings. The molecule has 0 aliphatic carbocycles. The Morgan fingerprint density at radius 3 is 2.07 bits per heavy atom. The van der Waals surface area contributed by atoms with Crippen molar-refractivity contribution < 1.29 is 10.2 Å². The van der Waals surface area contributed by atoms with Gasteiger partial charge in [0.15, 0.2) is 0 Å². The number of hydrogen-bond donors (Lipinski definition) is 3. The summed E-state index contributed by atoms with van der Waals surface area (Å²) in [5.74, 6) is 1.26. The van der Waals surface area contributed by atoms with Crippen LogP contribution in [0.3, 0.4) is 0 Å². The molecule has 0 atom stereocenters. The molecule has 0 spiro atoms. The highest BCUT2D eigenvalue weighted by Crippen LogP contribution is 2.44. The maximum atomic E-state index is 10.7. The lowest BCUT2D eigenvalue weighted by molar-refractivity contribution is 0.470. The first-order chi connectivity index (χ1) is 13.2.